The first kappa shape index (κ1) is 29.0. The number of carbonyl (C=O) groups excluding carboxylic acids is 1. The second-order valence-corrected chi connectivity index (χ2v) is 11.9. The van der Waals surface area contributed by atoms with Crippen molar-refractivity contribution in [3.05, 3.63) is 110 Å². The van der Waals surface area contributed by atoms with E-state index in [2.05, 4.69) is 10.5 Å². The summed E-state index contributed by atoms with van der Waals surface area (Å²) in [5.74, 6) is -0.687. The van der Waals surface area contributed by atoms with Gasteiger partial charge < -0.3 is 4.57 Å². The number of nitrogens with zero attached hydrogens (tertiary/aromatic N) is 3. The van der Waals surface area contributed by atoms with Crippen molar-refractivity contribution < 1.29 is 13.2 Å². The smallest absolute Gasteiger partial charge is 0.264 e. The molecule has 3 aromatic carbocycles. The molecule has 0 saturated heterocycles. The van der Waals surface area contributed by atoms with Gasteiger partial charge in [-0.15, -0.1) is 0 Å². The van der Waals surface area contributed by atoms with Crippen LogP contribution in [0.25, 0.3) is 5.69 Å². The Hall–Kier alpha value is -3.01. The summed E-state index contributed by atoms with van der Waals surface area (Å²) in [6, 6.07) is 19.3. The van der Waals surface area contributed by atoms with Gasteiger partial charge in [-0.05, 0) is 62.4 Å². The predicted octanol–water partition coefficient (Wildman–Crippen LogP) is 7.05. The Labute approximate surface area is 246 Å². The van der Waals surface area contributed by atoms with Crippen LogP contribution in [0.1, 0.15) is 17.0 Å². The first-order chi connectivity index (χ1) is 18.5. The maximum atomic E-state index is 13.5. The third-order valence-electron chi connectivity index (χ3n) is 5.83. The molecule has 1 amide bonds. The van der Waals surface area contributed by atoms with Crippen LogP contribution in [-0.4, -0.2) is 31.7 Å². The van der Waals surface area contributed by atoms with E-state index in [1.165, 1.54) is 30.5 Å². The molecule has 4 rings (SSSR count). The minimum absolute atomic E-state index is 0.00194. The van der Waals surface area contributed by atoms with Gasteiger partial charge in [-0.25, -0.2) is 13.8 Å². The quantitative estimate of drug-likeness (QED) is 0.169. The zero-order valence-electron chi connectivity index (χ0n) is 20.7. The van der Waals surface area contributed by atoms with E-state index < -0.39 is 22.5 Å². The van der Waals surface area contributed by atoms with Crippen LogP contribution in [0.2, 0.25) is 20.1 Å². The summed E-state index contributed by atoms with van der Waals surface area (Å²) in [6.45, 7) is 3.19. The second-order valence-electron chi connectivity index (χ2n) is 8.45. The van der Waals surface area contributed by atoms with Crippen molar-refractivity contribution in [3.8, 4) is 5.69 Å². The average molecular weight is 624 g/mol. The summed E-state index contributed by atoms with van der Waals surface area (Å²) < 4.78 is 29.8. The number of benzene rings is 3. The first-order valence-corrected chi connectivity index (χ1v) is 14.4. The van der Waals surface area contributed by atoms with E-state index in [0.29, 0.717) is 15.7 Å². The Balaban J connectivity index is 1.59. The maximum absolute atomic E-state index is 13.5. The fraction of sp³-hybridized carbons (Fsp3) is 0.111. The molecule has 0 saturated carbocycles. The number of rotatable bonds is 8. The van der Waals surface area contributed by atoms with E-state index in [0.717, 1.165) is 21.3 Å². The number of nitrogens with one attached hydrogen (secondary N) is 1. The first-order valence-electron chi connectivity index (χ1n) is 11.5. The summed E-state index contributed by atoms with van der Waals surface area (Å²) in [4.78, 5) is 12.9. The Morgan fingerprint density at radius 3 is 2.38 bits per heavy atom. The van der Waals surface area contributed by atoms with Crippen LogP contribution in [0.4, 0.5) is 5.69 Å². The lowest BCUT2D eigenvalue weighted by Gasteiger charge is -2.24. The van der Waals surface area contributed by atoms with Gasteiger partial charge in [0.2, 0.25) is 0 Å². The van der Waals surface area contributed by atoms with Gasteiger partial charge in [0.25, 0.3) is 15.9 Å². The minimum Gasteiger partial charge on any atom is -0.316 e. The molecule has 0 aliphatic heterocycles. The van der Waals surface area contributed by atoms with Crippen molar-refractivity contribution in [1.29, 1.82) is 0 Å². The molecule has 1 heterocycles. The topological polar surface area (TPSA) is 83.8 Å². The van der Waals surface area contributed by atoms with E-state index >= 15 is 0 Å². The number of amides is 1. The molecule has 0 radical (unpaired) electrons. The third kappa shape index (κ3) is 6.26. The lowest BCUT2D eigenvalue weighted by molar-refractivity contribution is -0.119. The van der Waals surface area contributed by atoms with Crippen molar-refractivity contribution in [2.45, 2.75) is 18.7 Å². The molecule has 0 aliphatic rings. The molecule has 0 spiro atoms. The van der Waals surface area contributed by atoms with Crippen LogP contribution in [-0.2, 0) is 14.8 Å². The van der Waals surface area contributed by atoms with Gasteiger partial charge >= 0.3 is 0 Å². The van der Waals surface area contributed by atoms with Crippen molar-refractivity contribution in [2.75, 3.05) is 10.8 Å². The lowest BCUT2D eigenvalue weighted by atomic mass is 10.2. The highest BCUT2D eigenvalue weighted by Gasteiger charge is 2.29. The molecule has 0 atom stereocenters. The summed E-state index contributed by atoms with van der Waals surface area (Å²) in [5.41, 5.74) is 5.58. The van der Waals surface area contributed by atoms with Crippen LogP contribution in [0.3, 0.4) is 0 Å². The normalized spacial score (nSPS) is 11.6. The number of sulfonamides is 1. The number of halogens is 4. The molecule has 7 nitrogen and oxygen atoms in total. The monoisotopic (exact) mass is 622 g/mol. The Kier molecular flexibility index (Phi) is 8.93. The summed E-state index contributed by atoms with van der Waals surface area (Å²) in [7, 11) is -4.16. The molecule has 202 valence electrons. The van der Waals surface area contributed by atoms with Gasteiger partial charge in [0.05, 0.1) is 37.6 Å². The Morgan fingerprint density at radius 1 is 0.949 bits per heavy atom. The van der Waals surface area contributed by atoms with Crippen molar-refractivity contribution in [3.63, 3.8) is 0 Å². The number of aryl methyl sites for hydroxylation is 1. The molecule has 39 heavy (non-hydrogen) atoms. The fourth-order valence-electron chi connectivity index (χ4n) is 3.99. The van der Waals surface area contributed by atoms with Gasteiger partial charge in [-0.2, -0.15) is 5.10 Å². The summed E-state index contributed by atoms with van der Waals surface area (Å²) in [5, 5.41) is 5.27. The van der Waals surface area contributed by atoms with E-state index in [4.69, 9.17) is 46.4 Å². The van der Waals surface area contributed by atoms with Crippen molar-refractivity contribution in [2.24, 2.45) is 5.10 Å². The zero-order valence-corrected chi connectivity index (χ0v) is 24.5. The predicted molar refractivity (Wildman–Crippen MR) is 158 cm³/mol. The SMILES string of the molecule is Cc1cc(/C=N/NC(=O)CN(c2cccc(Cl)c2Cl)S(=O)(=O)c2ccccc2)c(C)n1-c1cc(Cl)ccc1Cl. The van der Waals surface area contributed by atoms with Gasteiger partial charge in [0, 0.05) is 22.0 Å². The number of hydrogen-bond donors (Lipinski definition) is 1. The Morgan fingerprint density at radius 2 is 1.67 bits per heavy atom. The number of hydrogen-bond acceptors (Lipinski definition) is 4. The standard InChI is InChI=1S/C27H22Cl4N4O3S/c1-17-13-19(18(2)35(17)25-14-20(28)11-12-22(25)29)15-32-33-26(36)16-34(24-10-6-9-23(30)27(24)31)39(37,38)21-7-4-3-5-8-21/h3-15H,16H2,1-2H3,(H,33,36)/b32-15+. The zero-order chi connectivity index (χ0) is 28.3. The number of aromatic nitrogens is 1. The highest BCUT2D eigenvalue weighted by Crippen LogP contribution is 2.35. The van der Waals surface area contributed by atoms with Crippen LogP contribution in [0.15, 0.2) is 82.8 Å². The highest BCUT2D eigenvalue weighted by atomic mass is 35.5. The van der Waals surface area contributed by atoms with Crippen LogP contribution in [0, 0.1) is 13.8 Å². The minimum atomic E-state index is -4.16. The lowest BCUT2D eigenvalue weighted by Crippen LogP contribution is -2.39. The van der Waals surface area contributed by atoms with Gasteiger partial charge in [-0.1, -0.05) is 70.7 Å². The van der Waals surface area contributed by atoms with Crippen LogP contribution < -0.4 is 9.73 Å². The molecule has 1 N–H and O–H groups in total. The molecule has 0 aliphatic carbocycles. The van der Waals surface area contributed by atoms with E-state index in [9.17, 15) is 13.2 Å². The van der Waals surface area contributed by atoms with Crippen LogP contribution >= 0.6 is 46.4 Å². The number of anilines is 1. The molecular formula is C27H22Cl4N4O3S. The molecule has 1 aromatic heterocycles. The van der Waals surface area contributed by atoms with Crippen molar-refractivity contribution >= 4 is 74.2 Å². The average Bonchev–Trinajstić information content (AvgIpc) is 3.18. The van der Waals surface area contributed by atoms with Gasteiger partial charge in [0.1, 0.15) is 6.54 Å². The van der Waals surface area contributed by atoms with E-state index in [-0.39, 0.29) is 20.6 Å². The largest absolute Gasteiger partial charge is 0.316 e. The second kappa shape index (κ2) is 12.0. The van der Waals surface area contributed by atoms with Gasteiger partial charge in [-0.3, -0.25) is 9.10 Å². The fourth-order valence-corrected chi connectivity index (χ4v) is 6.26. The maximum Gasteiger partial charge on any atom is 0.264 e. The number of hydrazone groups is 1. The molecular weight excluding hydrogens is 602 g/mol. The molecule has 0 bridgehead atoms. The van der Waals surface area contributed by atoms with Crippen LogP contribution in [0.5, 0.6) is 0 Å². The summed E-state index contributed by atoms with van der Waals surface area (Å²) in [6.07, 6.45) is 1.47. The summed E-state index contributed by atoms with van der Waals surface area (Å²) >= 11 is 25.0. The number of carbonyl (C=O) groups is 1. The van der Waals surface area contributed by atoms with Crippen molar-refractivity contribution in [1.82, 2.24) is 9.99 Å². The Bertz CT molecular complexity index is 1670. The van der Waals surface area contributed by atoms with E-state index in [1.807, 2.05) is 24.5 Å². The highest BCUT2D eigenvalue weighted by molar-refractivity contribution is 7.92. The third-order valence-corrected chi connectivity index (χ3v) is 8.97. The molecule has 12 heteroatoms. The molecule has 4 aromatic rings. The molecule has 0 unspecified atom stereocenters. The van der Waals surface area contributed by atoms with E-state index in [1.54, 1.807) is 42.5 Å². The van der Waals surface area contributed by atoms with Gasteiger partial charge in [0.15, 0.2) is 0 Å². The molecule has 0 fully saturated rings.